The predicted molar refractivity (Wildman–Crippen MR) is 149 cm³/mol. The molecule has 0 radical (unpaired) electrons. The summed E-state index contributed by atoms with van der Waals surface area (Å²) < 4.78 is 0. The maximum absolute atomic E-state index is 14.0. The highest BCUT2D eigenvalue weighted by Gasteiger charge is 2.50. The summed E-state index contributed by atoms with van der Waals surface area (Å²) in [6.45, 7) is 11.9. The Kier molecular flexibility index (Phi) is 6.28. The second kappa shape index (κ2) is 9.43. The molecule has 2 aliphatic rings. The molecular weight excluding hydrogens is 460 g/mol. The minimum Gasteiger partial charge on any atom is -0.272 e. The average Bonchev–Trinajstić information content (AvgIpc) is 3.34. The van der Waals surface area contributed by atoms with E-state index in [-0.39, 0.29) is 11.8 Å². The largest absolute Gasteiger partial charge is 0.272 e. The molecular formula is C31H32N4O2. The van der Waals surface area contributed by atoms with Crippen LogP contribution in [-0.2, 0) is 9.59 Å². The van der Waals surface area contributed by atoms with Gasteiger partial charge < -0.3 is 0 Å². The Morgan fingerprint density at radius 3 is 1.43 bits per heavy atom. The summed E-state index contributed by atoms with van der Waals surface area (Å²) in [5.74, 6) is -1.84. The third kappa shape index (κ3) is 4.26. The molecule has 188 valence electrons. The van der Waals surface area contributed by atoms with Crippen LogP contribution >= 0.6 is 0 Å². The normalized spacial score (nSPS) is 19.6. The van der Waals surface area contributed by atoms with Gasteiger partial charge in [-0.25, -0.2) is 10.0 Å². The quantitative estimate of drug-likeness (QED) is 0.433. The summed E-state index contributed by atoms with van der Waals surface area (Å²) in [6, 6.07) is 21.6. The number of amides is 2. The summed E-state index contributed by atoms with van der Waals surface area (Å²) in [5.41, 5.74) is 8.30. The first-order valence-corrected chi connectivity index (χ1v) is 12.6. The van der Waals surface area contributed by atoms with Crippen LogP contribution in [0.1, 0.15) is 47.6 Å². The number of hydrogen-bond acceptors (Lipinski definition) is 4. The molecule has 5 rings (SSSR count). The number of rotatable bonds is 5. The molecule has 0 aliphatic carbocycles. The molecule has 3 aromatic rings. The molecule has 0 spiro atoms. The first kappa shape index (κ1) is 24.6. The van der Waals surface area contributed by atoms with Gasteiger partial charge in [-0.1, -0.05) is 42.5 Å². The average molecular weight is 493 g/mol. The van der Waals surface area contributed by atoms with E-state index in [1.54, 1.807) is 0 Å². The minimum atomic E-state index is -0.581. The van der Waals surface area contributed by atoms with Gasteiger partial charge in [-0.05, 0) is 93.6 Å². The molecule has 2 aliphatic heterocycles. The Morgan fingerprint density at radius 1 is 0.595 bits per heavy atom. The van der Waals surface area contributed by atoms with Crippen molar-refractivity contribution in [2.75, 3.05) is 10.0 Å². The lowest BCUT2D eigenvalue weighted by Crippen LogP contribution is -2.40. The van der Waals surface area contributed by atoms with Crippen LogP contribution in [0.4, 0.5) is 11.4 Å². The molecule has 0 bridgehead atoms. The van der Waals surface area contributed by atoms with Crippen molar-refractivity contribution in [2.24, 2.45) is 22.0 Å². The fourth-order valence-electron chi connectivity index (χ4n) is 5.32. The first-order valence-electron chi connectivity index (χ1n) is 12.6. The van der Waals surface area contributed by atoms with E-state index in [9.17, 15) is 9.59 Å². The number of hydrazone groups is 2. The van der Waals surface area contributed by atoms with Crippen molar-refractivity contribution in [1.82, 2.24) is 0 Å². The van der Waals surface area contributed by atoms with E-state index in [1.807, 2.05) is 108 Å². The van der Waals surface area contributed by atoms with Gasteiger partial charge in [-0.15, -0.1) is 0 Å². The molecule has 37 heavy (non-hydrogen) atoms. The lowest BCUT2D eigenvalue weighted by atomic mass is 9.73. The Bertz CT molecular complexity index is 1370. The van der Waals surface area contributed by atoms with Crippen LogP contribution in [0.15, 0.2) is 76.9 Å². The lowest BCUT2D eigenvalue weighted by Gasteiger charge is -2.28. The molecule has 0 aromatic heterocycles. The van der Waals surface area contributed by atoms with E-state index in [1.165, 1.54) is 10.0 Å². The number of hydrogen-bond donors (Lipinski definition) is 0. The van der Waals surface area contributed by atoms with Crippen molar-refractivity contribution in [3.63, 3.8) is 0 Å². The molecule has 0 saturated heterocycles. The van der Waals surface area contributed by atoms with Gasteiger partial charge in [0.25, 0.3) is 11.8 Å². The maximum atomic E-state index is 14.0. The summed E-state index contributed by atoms with van der Waals surface area (Å²) in [7, 11) is 0. The van der Waals surface area contributed by atoms with Crippen LogP contribution in [0.5, 0.6) is 0 Å². The standard InChI is InChI=1S/C31H32N4O2/c1-18-12-14-25(16-20(18)3)34-30(36)27(22(5)32-34)29(24-10-8-7-9-11-24)28-23(6)33-35(31(28)37)26-15-13-19(2)21(4)17-26/h7-17,27-29H,1-6H3/t27-,28-/m1/s1. The zero-order valence-electron chi connectivity index (χ0n) is 22.2. The summed E-state index contributed by atoms with van der Waals surface area (Å²) in [5, 5.41) is 12.4. The van der Waals surface area contributed by atoms with Crippen LogP contribution in [-0.4, -0.2) is 23.2 Å². The number of benzene rings is 3. The molecule has 6 nitrogen and oxygen atoms in total. The number of anilines is 2. The molecule has 2 amide bonds. The molecule has 0 fully saturated rings. The molecule has 0 saturated carbocycles. The van der Waals surface area contributed by atoms with E-state index in [4.69, 9.17) is 10.2 Å². The third-order valence-electron chi connectivity index (χ3n) is 7.74. The fraction of sp³-hybridized carbons (Fsp3) is 0.290. The second-order valence-electron chi connectivity index (χ2n) is 10.2. The van der Waals surface area contributed by atoms with Crippen LogP contribution in [0.25, 0.3) is 0 Å². The zero-order chi connectivity index (χ0) is 26.4. The van der Waals surface area contributed by atoms with Crippen molar-refractivity contribution < 1.29 is 9.59 Å². The Hall–Kier alpha value is -4.06. The third-order valence-corrected chi connectivity index (χ3v) is 7.74. The highest BCUT2D eigenvalue weighted by atomic mass is 16.2. The van der Waals surface area contributed by atoms with Gasteiger partial charge in [-0.3, -0.25) is 9.59 Å². The zero-order valence-corrected chi connectivity index (χ0v) is 22.2. The van der Waals surface area contributed by atoms with E-state index in [0.717, 1.165) is 39.2 Å². The van der Waals surface area contributed by atoms with Crippen LogP contribution in [0, 0.1) is 39.5 Å². The maximum Gasteiger partial charge on any atom is 0.256 e. The van der Waals surface area contributed by atoms with E-state index in [0.29, 0.717) is 11.4 Å². The van der Waals surface area contributed by atoms with E-state index in [2.05, 4.69) is 0 Å². The molecule has 2 heterocycles. The predicted octanol–water partition coefficient (Wildman–Crippen LogP) is 6.08. The van der Waals surface area contributed by atoms with Gasteiger partial charge in [0.1, 0.15) is 0 Å². The van der Waals surface area contributed by atoms with Gasteiger partial charge in [0, 0.05) is 17.3 Å². The summed E-state index contributed by atoms with van der Waals surface area (Å²) in [6.07, 6.45) is 0. The van der Waals surface area contributed by atoms with Crippen molar-refractivity contribution in [1.29, 1.82) is 0 Å². The second-order valence-corrected chi connectivity index (χ2v) is 10.2. The van der Waals surface area contributed by atoms with Crippen molar-refractivity contribution in [3.8, 4) is 0 Å². The van der Waals surface area contributed by atoms with E-state index < -0.39 is 17.8 Å². The minimum absolute atomic E-state index is 0.125. The van der Waals surface area contributed by atoms with Crippen molar-refractivity contribution in [2.45, 2.75) is 47.5 Å². The highest BCUT2D eigenvalue weighted by Crippen LogP contribution is 2.42. The van der Waals surface area contributed by atoms with Crippen molar-refractivity contribution >= 4 is 34.6 Å². The molecule has 0 N–H and O–H groups in total. The molecule has 3 aromatic carbocycles. The van der Waals surface area contributed by atoms with Gasteiger partial charge in [0.05, 0.1) is 23.2 Å². The van der Waals surface area contributed by atoms with Crippen LogP contribution < -0.4 is 10.0 Å². The first-order chi connectivity index (χ1) is 17.7. The Morgan fingerprint density at radius 2 is 1.03 bits per heavy atom. The topological polar surface area (TPSA) is 65.3 Å². The van der Waals surface area contributed by atoms with Gasteiger partial charge in [0.2, 0.25) is 0 Å². The van der Waals surface area contributed by atoms with Crippen LogP contribution in [0.3, 0.4) is 0 Å². The molecule has 0 unspecified atom stereocenters. The number of carbonyl (C=O) groups excluding carboxylic acids is 2. The Balaban J connectivity index is 1.55. The fourth-order valence-corrected chi connectivity index (χ4v) is 5.32. The number of aryl methyl sites for hydroxylation is 4. The summed E-state index contributed by atoms with van der Waals surface area (Å²) >= 11 is 0. The van der Waals surface area contributed by atoms with Gasteiger partial charge in [0.15, 0.2) is 0 Å². The molecule has 2 atom stereocenters. The molecule has 6 heteroatoms. The SMILES string of the molecule is CC1=NN(c2ccc(C)c(C)c2)C(=O)[C@H]1C(c1ccccc1)[C@@H]1C(=O)N(c2ccc(C)c(C)c2)N=C1C. The Labute approximate surface area is 218 Å². The number of nitrogens with zero attached hydrogens (tertiary/aromatic N) is 4. The van der Waals surface area contributed by atoms with Gasteiger partial charge >= 0.3 is 0 Å². The number of carbonyl (C=O) groups is 2. The van der Waals surface area contributed by atoms with E-state index >= 15 is 0 Å². The smallest absolute Gasteiger partial charge is 0.256 e. The lowest BCUT2D eigenvalue weighted by molar-refractivity contribution is -0.122. The van der Waals surface area contributed by atoms with Crippen molar-refractivity contribution in [3.05, 3.63) is 94.5 Å². The monoisotopic (exact) mass is 492 g/mol. The van der Waals surface area contributed by atoms with Crippen LogP contribution in [0.2, 0.25) is 0 Å². The summed E-state index contributed by atoms with van der Waals surface area (Å²) in [4.78, 5) is 28.0. The van der Waals surface area contributed by atoms with Gasteiger partial charge in [-0.2, -0.15) is 10.2 Å². The highest BCUT2D eigenvalue weighted by molar-refractivity contribution is 6.19.